The van der Waals surface area contributed by atoms with E-state index in [1.807, 2.05) is 0 Å². The molecular formula is C11H14N4O3. The number of nitrogens with two attached hydrogens (primary N) is 1. The maximum Gasteiger partial charge on any atom is 0.271 e. The van der Waals surface area contributed by atoms with Gasteiger partial charge >= 0.3 is 0 Å². The predicted molar refractivity (Wildman–Crippen MR) is 67.2 cm³/mol. The van der Waals surface area contributed by atoms with Gasteiger partial charge in [0.25, 0.3) is 5.69 Å². The van der Waals surface area contributed by atoms with Gasteiger partial charge in [-0.2, -0.15) is 0 Å². The number of rotatable bonds is 3. The molecule has 1 amide bonds. The highest BCUT2D eigenvalue weighted by Gasteiger charge is 2.29. The van der Waals surface area contributed by atoms with Crippen molar-refractivity contribution >= 4 is 23.0 Å². The summed E-state index contributed by atoms with van der Waals surface area (Å²) in [5, 5.41) is 13.6. The van der Waals surface area contributed by atoms with Crippen LogP contribution in [0.1, 0.15) is 6.42 Å². The molecular weight excluding hydrogens is 236 g/mol. The van der Waals surface area contributed by atoms with Crippen molar-refractivity contribution < 1.29 is 9.72 Å². The van der Waals surface area contributed by atoms with Crippen molar-refractivity contribution in [2.75, 3.05) is 24.6 Å². The number of nitrogens with one attached hydrogen (secondary N) is 1. The quantitative estimate of drug-likeness (QED) is 0.470. The van der Waals surface area contributed by atoms with Gasteiger partial charge in [-0.25, -0.2) is 0 Å². The molecule has 1 aromatic rings. The number of benzene rings is 1. The minimum atomic E-state index is -0.505. The van der Waals surface area contributed by atoms with Crippen molar-refractivity contribution in [2.24, 2.45) is 0 Å². The van der Waals surface area contributed by atoms with E-state index in [0.717, 1.165) is 0 Å². The first-order valence-electron chi connectivity index (χ1n) is 5.54. The number of nitro benzene ring substituents is 1. The van der Waals surface area contributed by atoms with Gasteiger partial charge in [-0.3, -0.25) is 14.9 Å². The summed E-state index contributed by atoms with van der Waals surface area (Å²) in [5.41, 5.74) is 6.48. The summed E-state index contributed by atoms with van der Waals surface area (Å²) >= 11 is 0. The van der Waals surface area contributed by atoms with Crippen LogP contribution >= 0.6 is 0 Å². The normalized spacial score (nSPS) is 19.1. The van der Waals surface area contributed by atoms with Crippen molar-refractivity contribution in [1.82, 2.24) is 4.90 Å². The standard InChI is InChI=1S/C11H14N4O3/c1-14-5-4-10(11(14)16)13-9-3-2-7(15(17)18)6-8(9)12/h2-3,6,10,13H,4-5,12H2,1H3. The van der Waals surface area contributed by atoms with E-state index in [9.17, 15) is 14.9 Å². The number of likely N-dealkylation sites (tertiary alicyclic amines) is 1. The lowest BCUT2D eigenvalue weighted by atomic mass is 10.2. The summed E-state index contributed by atoms with van der Waals surface area (Å²) in [6.45, 7) is 0.698. The van der Waals surface area contributed by atoms with Gasteiger partial charge < -0.3 is 16.0 Å². The Bertz CT molecular complexity index is 503. The molecule has 1 fully saturated rings. The lowest BCUT2D eigenvalue weighted by molar-refractivity contribution is -0.384. The minimum absolute atomic E-state index is 0.00718. The number of anilines is 2. The maximum absolute atomic E-state index is 11.7. The number of amides is 1. The number of likely N-dealkylation sites (N-methyl/N-ethyl adjacent to an activating group) is 1. The molecule has 7 nitrogen and oxygen atoms in total. The second-order valence-electron chi connectivity index (χ2n) is 4.27. The Kier molecular flexibility index (Phi) is 3.05. The van der Waals surface area contributed by atoms with Crippen molar-refractivity contribution in [1.29, 1.82) is 0 Å². The topological polar surface area (TPSA) is 102 Å². The summed E-state index contributed by atoms with van der Waals surface area (Å²) in [4.78, 5) is 23.4. The Balaban J connectivity index is 2.15. The molecule has 1 unspecified atom stereocenters. The van der Waals surface area contributed by atoms with E-state index < -0.39 is 4.92 Å². The molecule has 3 N–H and O–H groups in total. The van der Waals surface area contributed by atoms with Gasteiger partial charge in [0, 0.05) is 25.7 Å². The van der Waals surface area contributed by atoms with E-state index in [1.165, 1.54) is 18.2 Å². The molecule has 2 rings (SSSR count). The molecule has 1 aromatic carbocycles. The Morgan fingerprint density at radius 1 is 1.56 bits per heavy atom. The third kappa shape index (κ3) is 2.20. The van der Waals surface area contributed by atoms with E-state index in [0.29, 0.717) is 18.7 Å². The molecule has 0 radical (unpaired) electrons. The average Bonchev–Trinajstić information content (AvgIpc) is 2.63. The molecule has 1 atom stereocenters. The summed E-state index contributed by atoms with van der Waals surface area (Å²) < 4.78 is 0. The lowest BCUT2D eigenvalue weighted by Gasteiger charge is -2.14. The molecule has 1 heterocycles. The van der Waals surface area contributed by atoms with Gasteiger partial charge in [0.1, 0.15) is 6.04 Å². The maximum atomic E-state index is 11.7. The van der Waals surface area contributed by atoms with E-state index >= 15 is 0 Å². The van der Waals surface area contributed by atoms with Gasteiger partial charge in [-0.05, 0) is 12.5 Å². The van der Waals surface area contributed by atoms with Crippen molar-refractivity contribution in [3.8, 4) is 0 Å². The zero-order valence-electron chi connectivity index (χ0n) is 9.92. The van der Waals surface area contributed by atoms with Gasteiger partial charge in [0.05, 0.1) is 16.3 Å². The third-order valence-corrected chi connectivity index (χ3v) is 3.00. The van der Waals surface area contributed by atoms with E-state index in [2.05, 4.69) is 5.32 Å². The van der Waals surface area contributed by atoms with Crippen molar-refractivity contribution in [3.05, 3.63) is 28.3 Å². The first kappa shape index (κ1) is 12.2. The van der Waals surface area contributed by atoms with E-state index in [-0.39, 0.29) is 23.3 Å². The highest BCUT2D eigenvalue weighted by Crippen LogP contribution is 2.26. The molecule has 0 saturated carbocycles. The van der Waals surface area contributed by atoms with Crippen LogP contribution in [-0.2, 0) is 4.79 Å². The number of hydrogen-bond acceptors (Lipinski definition) is 5. The predicted octanol–water partition coefficient (Wildman–Crippen LogP) is 0.820. The number of carbonyl (C=O) groups excluding carboxylic acids is 1. The van der Waals surface area contributed by atoms with Gasteiger partial charge in [0.2, 0.25) is 5.91 Å². The second kappa shape index (κ2) is 4.52. The molecule has 0 spiro atoms. The zero-order valence-corrected chi connectivity index (χ0v) is 9.92. The van der Waals surface area contributed by atoms with Crippen LogP contribution < -0.4 is 11.1 Å². The fourth-order valence-electron chi connectivity index (χ4n) is 1.94. The van der Waals surface area contributed by atoms with Gasteiger partial charge in [0.15, 0.2) is 0 Å². The Hall–Kier alpha value is -2.31. The molecule has 0 aromatic heterocycles. The molecule has 0 aliphatic carbocycles. The first-order chi connectivity index (χ1) is 8.49. The largest absolute Gasteiger partial charge is 0.397 e. The summed E-state index contributed by atoms with van der Waals surface area (Å²) in [6.07, 6.45) is 0.700. The molecule has 1 aliphatic heterocycles. The Morgan fingerprint density at radius 2 is 2.28 bits per heavy atom. The molecule has 96 valence electrons. The molecule has 7 heteroatoms. The van der Waals surface area contributed by atoms with Crippen LogP contribution in [0, 0.1) is 10.1 Å². The molecule has 0 bridgehead atoms. The van der Waals surface area contributed by atoms with E-state index in [1.54, 1.807) is 11.9 Å². The summed E-state index contributed by atoms with van der Waals surface area (Å²) in [6, 6.07) is 3.87. The highest BCUT2D eigenvalue weighted by molar-refractivity contribution is 5.87. The van der Waals surface area contributed by atoms with Crippen molar-refractivity contribution in [3.63, 3.8) is 0 Å². The summed E-state index contributed by atoms with van der Waals surface area (Å²) in [7, 11) is 1.74. The monoisotopic (exact) mass is 250 g/mol. The van der Waals surface area contributed by atoms with Crippen LogP contribution in [0.25, 0.3) is 0 Å². The Morgan fingerprint density at radius 3 is 2.78 bits per heavy atom. The number of hydrogen-bond donors (Lipinski definition) is 2. The van der Waals surface area contributed by atoms with E-state index in [4.69, 9.17) is 5.73 Å². The van der Waals surface area contributed by atoms with Crippen LogP contribution in [0.15, 0.2) is 18.2 Å². The van der Waals surface area contributed by atoms with Crippen LogP contribution in [0.5, 0.6) is 0 Å². The van der Waals surface area contributed by atoms with Crippen LogP contribution in [0.2, 0.25) is 0 Å². The summed E-state index contributed by atoms with van der Waals surface area (Å²) in [5.74, 6) is 0.00718. The van der Waals surface area contributed by atoms with Crippen LogP contribution in [-0.4, -0.2) is 35.4 Å². The number of nitrogen functional groups attached to an aromatic ring is 1. The SMILES string of the molecule is CN1CCC(Nc2ccc([N+](=O)[O-])cc2N)C1=O. The number of nitro groups is 1. The third-order valence-electron chi connectivity index (χ3n) is 3.00. The molecule has 1 aliphatic rings. The fourth-order valence-corrected chi connectivity index (χ4v) is 1.94. The number of non-ortho nitro benzene ring substituents is 1. The van der Waals surface area contributed by atoms with Gasteiger partial charge in [-0.1, -0.05) is 0 Å². The molecule has 1 saturated heterocycles. The van der Waals surface area contributed by atoms with Gasteiger partial charge in [-0.15, -0.1) is 0 Å². The highest BCUT2D eigenvalue weighted by atomic mass is 16.6. The minimum Gasteiger partial charge on any atom is -0.397 e. The zero-order chi connectivity index (χ0) is 13.3. The second-order valence-corrected chi connectivity index (χ2v) is 4.27. The average molecular weight is 250 g/mol. The van der Waals surface area contributed by atoms with Crippen LogP contribution in [0.4, 0.5) is 17.1 Å². The Labute approximate surface area is 104 Å². The lowest BCUT2D eigenvalue weighted by Crippen LogP contribution is -2.31. The smallest absolute Gasteiger partial charge is 0.271 e. The first-order valence-corrected chi connectivity index (χ1v) is 5.54. The number of nitrogens with zero attached hydrogens (tertiary/aromatic N) is 2. The van der Waals surface area contributed by atoms with Crippen molar-refractivity contribution in [2.45, 2.75) is 12.5 Å². The van der Waals surface area contributed by atoms with Crippen LogP contribution in [0.3, 0.4) is 0 Å². The number of carbonyl (C=O) groups is 1. The molecule has 18 heavy (non-hydrogen) atoms. The fraction of sp³-hybridized carbons (Fsp3) is 0.364.